The molecule has 1 aliphatic heterocycles. The standard InChI is InChI=1S/C16H23NO/c1-2-3-9-16(18)13-17-11-10-15(12-17)14-7-5-4-6-8-14/h2,4-8,15-16,18H,1,3,9-13H2. The highest BCUT2D eigenvalue weighted by Gasteiger charge is 2.24. The van der Waals surface area contributed by atoms with Gasteiger partial charge in [-0.25, -0.2) is 0 Å². The summed E-state index contributed by atoms with van der Waals surface area (Å²) < 4.78 is 0. The Labute approximate surface area is 110 Å². The Morgan fingerprint density at radius 1 is 1.39 bits per heavy atom. The van der Waals surface area contributed by atoms with Crippen LogP contribution in [0.1, 0.15) is 30.7 Å². The molecule has 1 N–H and O–H groups in total. The molecule has 0 aliphatic carbocycles. The van der Waals surface area contributed by atoms with Gasteiger partial charge in [0.05, 0.1) is 6.10 Å². The van der Waals surface area contributed by atoms with E-state index in [4.69, 9.17) is 0 Å². The van der Waals surface area contributed by atoms with Gasteiger partial charge in [0.2, 0.25) is 0 Å². The average Bonchev–Trinajstić information content (AvgIpc) is 2.86. The zero-order valence-electron chi connectivity index (χ0n) is 11.0. The minimum absolute atomic E-state index is 0.211. The molecular formula is C16H23NO. The van der Waals surface area contributed by atoms with Gasteiger partial charge in [-0.05, 0) is 37.3 Å². The van der Waals surface area contributed by atoms with Crippen LogP contribution in [0.4, 0.5) is 0 Å². The smallest absolute Gasteiger partial charge is 0.0670 e. The van der Waals surface area contributed by atoms with E-state index in [9.17, 15) is 5.11 Å². The quantitative estimate of drug-likeness (QED) is 0.779. The predicted molar refractivity (Wildman–Crippen MR) is 75.7 cm³/mol. The molecule has 98 valence electrons. The molecule has 0 saturated carbocycles. The number of β-amino-alcohol motifs (C(OH)–C–C–N with tert-alkyl or cyclic N) is 1. The van der Waals surface area contributed by atoms with E-state index in [2.05, 4.69) is 41.8 Å². The van der Waals surface area contributed by atoms with Crippen LogP contribution in [0.3, 0.4) is 0 Å². The van der Waals surface area contributed by atoms with Gasteiger partial charge < -0.3 is 10.0 Å². The molecule has 0 aromatic heterocycles. The topological polar surface area (TPSA) is 23.5 Å². The van der Waals surface area contributed by atoms with Gasteiger partial charge in [0, 0.05) is 13.1 Å². The third-order valence-corrected chi connectivity index (χ3v) is 3.72. The number of rotatable bonds is 6. The summed E-state index contributed by atoms with van der Waals surface area (Å²) in [4.78, 5) is 2.38. The lowest BCUT2D eigenvalue weighted by atomic mass is 9.99. The molecule has 0 radical (unpaired) electrons. The lowest BCUT2D eigenvalue weighted by Gasteiger charge is -2.19. The van der Waals surface area contributed by atoms with Gasteiger partial charge in [0.1, 0.15) is 0 Å². The van der Waals surface area contributed by atoms with Crippen LogP contribution in [0.25, 0.3) is 0 Å². The second-order valence-electron chi connectivity index (χ2n) is 5.18. The Kier molecular flexibility index (Phi) is 4.97. The van der Waals surface area contributed by atoms with Crippen LogP contribution in [0, 0.1) is 0 Å². The minimum Gasteiger partial charge on any atom is -0.392 e. The SMILES string of the molecule is C=CCCC(O)CN1CCC(c2ccccc2)C1. The fourth-order valence-electron chi connectivity index (χ4n) is 2.70. The van der Waals surface area contributed by atoms with Crippen molar-refractivity contribution in [3.8, 4) is 0 Å². The number of aliphatic hydroxyl groups is 1. The van der Waals surface area contributed by atoms with Crippen molar-refractivity contribution in [2.75, 3.05) is 19.6 Å². The van der Waals surface area contributed by atoms with Crippen LogP contribution in [0.5, 0.6) is 0 Å². The van der Waals surface area contributed by atoms with Crippen molar-refractivity contribution in [1.82, 2.24) is 4.90 Å². The van der Waals surface area contributed by atoms with E-state index in [1.807, 2.05) is 6.08 Å². The number of benzene rings is 1. The minimum atomic E-state index is -0.211. The number of hydrogen-bond acceptors (Lipinski definition) is 2. The van der Waals surface area contributed by atoms with E-state index < -0.39 is 0 Å². The van der Waals surface area contributed by atoms with E-state index >= 15 is 0 Å². The van der Waals surface area contributed by atoms with Crippen LogP contribution in [-0.4, -0.2) is 35.7 Å². The Hall–Kier alpha value is -1.12. The second-order valence-corrected chi connectivity index (χ2v) is 5.18. The summed E-state index contributed by atoms with van der Waals surface area (Å²) in [6.45, 7) is 6.67. The third-order valence-electron chi connectivity index (χ3n) is 3.72. The molecule has 2 nitrogen and oxygen atoms in total. The Bertz CT molecular complexity index is 363. The second kappa shape index (κ2) is 6.72. The van der Waals surface area contributed by atoms with Gasteiger partial charge in [-0.15, -0.1) is 6.58 Å². The van der Waals surface area contributed by atoms with Crippen LogP contribution >= 0.6 is 0 Å². The van der Waals surface area contributed by atoms with E-state index in [1.165, 1.54) is 12.0 Å². The molecule has 1 heterocycles. The van der Waals surface area contributed by atoms with Crippen LogP contribution < -0.4 is 0 Å². The number of likely N-dealkylation sites (tertiary alicyclic amines) is 1. The molecule has 2 atom stereocenters. The first-order valence-corrected chi connectivity index (χ1v) is 6.86. The Morgan fingerprint density at radius 2 is 2.17 bits per heavy atom. The monoisotopic (exact) mass is 245 g/mol. The van der Waals surface area contributed by atoms with Gasteiger partial charge in [0.25, 0.3) is 0 Å². The molecule has 1 saturated heterocycles. The van der Waals surface area contributed by atoms with Gasteiger partial charge in [-0.1, -0.05) is 36.4 Å². The summed E-state index contributed by atoms with van der Waals surface area (Å²) >= 11 is 0. The molecule has 1 aromatic rings. The van der Waals surface area contributed by atoms with Gasteiger partial charge in [0.15, 0.2) is 0 Å². The lowest BCUT2D eigenvalue weighted by Crippen LogP contribution is -2.30. The van der Waals surface area contributed by atoms with Crippen LogP contribution in [0.2, 0.25) is 0 Å². The maximum absolute atomic E-state index is 9.91. The Morgan fingerprint density at radius 3 is 2.89 bits per heavy atom. The summed E-state index contributed by atoms with van der Waals surface area (Å²) in [5.74, 6) is 0.637. The summed E-state index contributed by atoms with van der Waals surface area (Å²) in [7, 11) is 0. The van der Waals surface area contributed by atoms with Crippen molar-refractivity contribution < 1.29 is 5.11 Å². The molecule has 2 unspecified atom stereocenters. The maximum atomic E-state index is 9.91. The molecule has 0 spiro atoms. The normalized spacial score (nSPS) is 21.9. The van der Waals surface area contributed by atoms with Gasteiger partial charge in [-0.2, -0.15) is 0 Å². The lowest BCUT2D eigenvalue weighted by molar-refractivity contribution is 0.117. The predicted octanol–water partition coefficient (Wildman–Crippen LogP) is 2.80. The zero-order valence-corrected chi connectivity index (χ0v) is 11.0. The third kappa shape index (κ3) is 3.69. The molecule has 0 amide bonds. The molecule has 1 aromatic carbocycles. The number of hydrogen-bond donors (Lipinski definition) is 1. The molecule has 1 aliphatic rings. The molecule has 2 rings (SSSR count). The maximum Gasteiger partial charge on any atom is 0.0670 e. The first kappa shape index (κ1) is 13.3. The first-order valence-electron chi connectivity index (χ1n) is 6.86. The molecule has 18 heavy (non-hydrogen) atoms. The molecule has 0 bridgehead atoms. The van der Waals surface area contributed by atoms with Crippen molar-refractivity contribution in [1.29, 1.82) is 0 Å². The number of allylic oxidation sites excluding steroid dienone is 1. The molecule has 2 heteroatoms. The largest absolute Gasteiger partial charge is 0.392 e. The van der Waals surface area contributed by atoms with Crippen molar-refractivity contribution in [3.63, 3.8) is 0 Å². The van der Waals surface area contributed by atoms with Crippen molar-refractivity contribution in [2.24, 2.45) is 0 Å². The van der Waals surface area contributed by atoms with Crippen LogP contribution in [-0.2, 0) is 0 Å². The van der Waals surface area contributed by atoms with E-state index in [-0.39, 0.29) is 6.10 Å². The summed E-state index contributed by atoms with van der Waals surface area (Å²) in [5.41, 5.74) is 1.43. The highest BCUT2D eigenvalue weighted by Crippen LogP contribution is 2.27. The fourth-order valence-corrected chi connectivity index (χ4v) is 2.70. The van der Waals surface area contributed by atoms with E-state index in [1.54, 1.807) is 0 Å². The van der Waals surface area contributed by atoms with Crippen molar-refractivity contribution in [2.45, 2.75) is 31.3 Å². The zero-order chi connectivity index (χ0) is 12.8. The van der Waals surface area contributed by atoms with Gasteiger partial charge >= 0.3 is 0 Å². The van der Waals surface area contributed by atoms with E-state index in [0.717, 1.165) is 32.5 Å². The highest BCUT2D eigenvalue weighted by atomic mass is 16.3. The fraction of sp³-hybridized carbons (Fsp3) is 0.500. The van der Waals surface area contributed by atoms with Crippen molar-refractivity contribution >= 4 is 0 Å². The summed E-state index contributed by atoms with van der Waals surface area (Å²) in [5, 5.41) is 9.91. The highest BCUT2D eigenvalue weighted by molar-refractivity contribution is 5.20. The first-order chi connectivity index (χ1) is 8.79. The number of nitrogens with zero attached hydrogens (tertiary/aromatic N) is 1. The number of aliphatic hydroxyl groups excluding tert-OH is 1. The van der Waals surface area contributed by atoms with Crippen molar-refractivity contribution in [3.05, 3.63) is 48.6 Å². The summed E-state index contributed by atoms with van der Waals surface area (Å²) in [6.07, 6.45) is 4.60. The molecular weight excluding hydrogens is 222 g/mol. The molecule has 1 fully saturated rings. The summed E-state index contributed by atoms with van der Waals surface area (Å²) in [6, 6.07) is 10.7. The van der Waals surface area contributed by atoms with Crippen LogP contribution in [0.15, 0.2) is 43.0 Å². The van der Waals surface area contributed by atoms with Gasteiger partial charge in [-0.3, -0.25) is 0 Å². The van der Waals surface area contributed by atoms with E-state index in [0.29, 0.717) is 5.92 Å². The Balaban J connectivity index is 1.80. The average molecular weight is 245 g/mol.